The number of benzene rings is 5. The molecule has 7 rings (SSSR count). The Bertz CT molecular complexity index is 1750. The minimum absolute atomic E-state index is 0.296. The number of ether oxygens (including phenoxy) is 2. The average molecular weight is 526 g/mol. The van der Waals surface area contributed by atoms with Gasteiger partial charge in [0.25, 0.3) is 0 Å². The molecule has 0 amide bonds. The van der Waals surface area contributed by atoms with Gasteiger partial charge in [-0.25, -0.2) is 0 Å². The fourth-order valence-electron chi connectivity index (χ4n) is 6.88. The maximum atomic E-state index is 7.22. The normalized spacial score (nSPS) is 18.6. The van der Waals surface area contributed by atoms with Crippen LogP contribution in [0.2, 0.25) is 0 Å². The van der Waals surface area contributed by atoms with Gasteiger partial charge in [-0.1, -0.05) is 72.8 Å². The van der Waals surface area contributed by atoms with Gasteiger partial charge in [0.1, 0.15) is 11.5 Å². The summed E-state index contributed by atoms with van der Waals surface area (Å²) in [5.41, 5.74) is 4.17. The summed E-state index contributed by atoms with van der Waals surface area (Å²) < 4.78 is 13.2. The first-order valence-corrected chi connectivity index (χ1v) is 14.4. The van der Waals surface area contributed by atoms with Crippen molar-refractivity contribution in [1.82, 2.24) is 0 Å². The van der Waals surface area contributed by atoms with Gasteiger partial charge in [-0.05, 0) is 103 Å². The van der Waals surface area contributed by atoms with E-state index in [1.54, 1.807) is 0 Å². The van der Waals surface area contributed by atoms with Gasteiger partial charge in [-0.2, -0.15) is 0 Å². The number of rotatable bonds is 6. The largest absolute Gasteiger partial charge is 0.494 e. The first-order valence-electron chi connectivity index (χ1n) is 14.4. The third-order valence-corrected chi connectivity index (χ3v) is 8.90. The van der Waals surface area contributed by atoms with Crippen LogP contribution in [-0.4, -0.2) is 18.9 Å². The van der Waals surface area contributed by atoms with E-state index >= 15 is 0 Å². The molecule has 0 saturated heterocycles. The van der Waals surface area contributed by atoms with Crippen molar-refractivity contribution < 1.29 is 9.47 Å². The summed E-state index contributed by atoms with van der Waals surface area (Å²) in [5, 5.41) is 5.09. The number of hydrogen-bond acceptors (Lipinski definition) is 3. The van der Waals surface area contributed by atoms with E-state index in [-0.39, 0.29) is 5.41 Å². The molecule has 0 fully saturated rings. The molecule has 1 spiro atoms. The topological polar surface area (TPSA) is 21.7 Å². The highest BCUT2D eigenvalue weighted by Gasteiger charge is 2.59. The molecule has 0 bridgehead atoms. The molecule has 1 atom stereocenters. The van der Waals surface area contributed by atoms with E-state index in [1.807, 2.05) is 30.3 Å². The van der Waals surface area contributed by atoms with E-state index in [1.165, 1.54) is 38.4 Å². The van der Waals surface area contributed by atoms with Crippen molar-refractivity contribution >= 4 is 33.3 Å². The Kier molecular flexibility index (Phi) is 5.85. The average Bonchev–Trinajstić information content (AvgIpc) is 3.15. The van der Waals surface area contributed by atoms with Crippen molar-refractivity contribution in [2.75, 3.05) is 18.1 Å². The summed E-state index contributed by atoms with van der Waals surface area (Å²) >= 11 is 0. The molecule has 0 saturated carbocycles. The molecule has 0 aliphatic carbocycles. The number of aryl methyl sites for hydroxylation is 1. The lowest BCUT2D eigenvalue weighted by atomic mass is 9.74. The Balaban J connectivity index is 1.29. The fraction of sp³-hybridized carbons (Fsp3) is 0.243. The number of unbranched alkanes of at least 4 members (excludes halogenated alkanes) is 1. The van der Waals surface area contributed by atoms with Crippen LogP contribution in [-0.2, 0) is 5.41 Å². The predicted molar refractivity (Wildman–Crippen MR) is 167 cm³/mol. The van der Waals surface area contributed by atoms with Gasteiger partial charge in [0.2, 0.25) is 5.72 Å². The summed E-state index contributed by atoms with van der Waals surface area (Å²) in [6, 6.07) is 34.2. The molecule has 2 aliphatic heterocycles. The van der Waals surface area contributed by atoms with Crippen LogP contribution < -0.4 is 14.4 Å². The smallest absolute Gasteiger partial charge is 0.212 e. The second-order valence-corrected chi connectivity index (χ2v) is 11.6. The maximum Gasteiger partial charge on any atom is 0.212 e. The molecule has 5 aromatic rings. The van der Waals surface area contributed by atoms with Gasteiger partial charge in [0.15, 0.2) is 0 Å². The Morgan fingerprint density at radius 3 is 2.33 bits per heavy atom. The van der Waals surface area contributed by atoms with Crippen LogP contribution >= 0.6 is 0 Å². The highest BCUT2D eigenvalue weighted by Crippen LogP contribution is 2.57. The predicted octanol–water partition coefficient (Wildman–Crippen LogP) is 9.06. The second kappa shape index (κ2) is 9.45. The lowest BCUT2D eigenvalue weighted by Gasteiger charge is -2.47. The number of fused-ring (bicyclic) bond motifs is 6. The zero-order chi connectivity index (χ0) is 27.3. The molecule has 2 aliphatic rings. The summed E-state index contributed by atoms with van der Waals surface area (Å²) in [6.07, 6.45) is 6.59. The van der Waals surface area contributed by atoms with Gasteiger partial charge in [-0.15, -0.1) is 0 Å². The molecule has 2 heterocycles. The van der Waals surface area contributed by atoms with Crippen LogP contribution in [0.5, 0.6) is 11.5 Å². The Morgan fingerprint density at radius 1 is 0.775 bits per heavy atom. The highest BCUT2D eigenvalue weighted by atomic mass is 16.5. The van der Waals surface area contributed by atoms with E-state index in [0.29, 0.717) is 6.61 Å². The minimum atomic E-state index is -0.637. The van der Waals surface area contributed by atoms with Gasteiger partial charge in [-0.3, -0.25) is 0 Å². The van der Waals surface area contributed by atoms with E-state index in [9.17, 15) is 0 Å². The molecule has 5 aromatic carbocycles. The van der Waals surface area contributed by atoms with Crippen LogP contribution in [0.15, 0.2) is 103 Å². The molecule has 200 valence electrons. The van der Waals surface area contributed by atoms with Crippen LogP contribution in [0, 0.1) is 6.92 Å². The Morgan fingerprint density at radius 2 is 1.50 bits per heavy atom. The van der Waals surface area contributed by atoms with Crippen molar-refractivity contribution in [3.8, 4) is 11.5 Å². The third-order valence-electron chi connectivity index (χ3n) is 8.90. The number of para-hydroxylation sites is 1. The first kappa shape index (κ1) is 24.8. The summed E-state index contributed by atoms with van der Waals surface area (Å²) in [5.74, 6) is 1.87. The van der Waals surface area contributed by atoms with E-state index in [0.717, 1.165) is 36.4 Å². The monoisotopic (exact) mass is 525 g/mol. The van der Waals surface area contributed by atoms with Gasteiger partial charge in [0.05, 0.1) is 12.0 Å². The van der Waals surface area contributed by atoms with Crippen molar-refractivity contribution in [1.29, 1.82) is 0 Å². The molecule has 3 nitrogen and oxygen atoms in total. The first-order chi connectivity index (χ1) is 19.5. The van der Waals surface area contributed by atoms with Crippen LogP contribution in [0.1, 0.15) is 43.4 Å². The minimum Gasteiger partial charge on any atom is -0.494 e. The molecule has 1 unspecified atom stereocenters. The highest BCUT2D eigenvalue weighted by molar-refractivity contribution is 5.98. The maximum absolute atomic E-state index is 7.22. The summed E-state index contributed by atoms with van der Waals surface area (Å²) in [6.45, 7) is 8.50. The summed E-state index contributed by atoms with van der Waals surface area (Å²) in [7, 11) is 0. The van der Waals surface area contributed by atoms with Crippen molar-refractivity contribution in [2.24, 2.45) is 0 Å². The quantitative estimate of drug-likeness (QED) is 0.206. The molecular formula is C37H35NO2. The molecule has 3 heteroatoms. The van der Waals surface area contributed by atoms with Crippen LogP contribution in [0.25, 0.3) is 27.6 Å². The lowest BCUT2D eigenvalue weighted by Crippen LogP contribution is -2.59. The molecule has 0 aromatic heterocycles. The Labute approximate surface area is 236 Å². The van der Waals surface area contributed by atoms with Crippen LogP contribution in [0.3, 0.4) is 0 Å². The number of hydrogen-bond donors (Lipinski definition) is 0. The Hall–Kier alpha value is -4.24. The zero-order valence-electron chi connectivity index (χ0n) is 23.5. The molecule has 40 heavy (non-hydrogen) atoms. The second-order valence-electron chi connectivity index (χ2n) is 11.6. The molecule has 0 radical (unpaired) electrons. The standard InChI is InChI=1S/C37H35NO2/c1-26-25-33-35(32-18-10-9-16-29(26)32)36(2,3)37(38(33)23-11-12-24-39-28-14-5-4-6-15-28)22-21-31-30-17-8-7-13-27(30)19-20-34(31)40-37/h4-10,13-22,25H,11-12,23-24H2,1-3H3. The van der Waals surface area contributed by atoms with Crippen molar-refractivity contribution in [3.63, 3.8) is 0 Å². The lowest BCUT2D eigenvalue weighted by molar-refractivity contribution is 0.0536. The van der Waals surface area contributed by atoms with E-state index < -0.39 is 5.72 Å². The van der Waals surface area contributed by atoms with Crippen molar-refractivity contribution in [2.45, 2.75) is 44.8 Å². The van der Waals surface area contributed by atoms with Crippen LogP contribution in [0.4, 0.5) is 5.69 Å². The van der Waals surface area contributed by atoms with Crippen molar-refractivity contribution in [3.05, 3.63) is 120 Å². The van der Waals surface area contributed by atoms with Gasteiger partial charge >= 0.3 is 0 Å². The number of nitrogens with zero attached hydrogens (tertiary/aromatic N) is 1. The third kappa shape index (κ3) is 3.71. The van der Waals surface area contributed by atoms with Gasteiger partial charge < -0.3 is 14.4 Å². The van der Waals surface area contributed by atoms with Gasteiger partial charge in [0, 0.05) is 17.8 Å². The van der Waals surface area contributed by atoms with E-state index in [2.05, 4.69) is 105 Å². The fourth-order valence-corrected chi connectivity index (χ4v) is 6.88. The summed E-state index contributed by atoms with van der Waals surface area (Å²) in [4.78, 5) is 2.53. The number of anilines is 1. The zero-order valence-corrected chi connectivity index (χ0v) is 23.5. The SMILES string of the molecule is Cc1cc2c(c3ccccc13)C(C)(C)C1(C=Cc3c(ccc4ccccc34)O1)N2CCCCOc1ccccc1. The molecular weight excluding hydrogens is 490 g/mol. The van der Waals surface area contributed by atoms with E-state index in [4.69, 9.17) is 9.47 Å². The molecule has 0 N–H and O–H groups in total.